The van der Waals surface area contributed by atoms with Crippen molar-refractivity contribution in [1.29, 1.82) is 0 Å². The number of ether oxygens (including phenoxy) is 2. The Morgan fingerprint density at radius 3 is 3.06 bits per heavy atom. The summed E-state index contributed by atoms with van der Waals surface area (Å²) in [5, 5.41) is 0. The van der Waals surface area contributed by atoms with Crippen LogP contribution in [-0.2, 0) is 4.74 Å². The first kappa shape index (κ1) is 12.3. The van der Waals surface area contributed by atoms with Gasteiger partial charge in [-0.2, -0.15) is 0 Å². The standard InChI is InChI=1S/C12H14FNO2S/c13-9-1-2-11(10(5-9)12(14)17)16-7-8-3-4-15-6-8/h1-2,5,8H,3-4,6-7H2,(H2,14,17). The molecule has 0 saturated carbocycles. The van der Waals surface area contributed by atoms with Crippen molar-refractivity contribution in [2.24, 2.45) is 11.7 Å². The third-order valence-electron chi connectivity index (χ3n) is 2.71. The zero-order valence-electron chi connectivity index (χ0n) is 9.32. The van der Waals surface area contributed by atoms with Crippen LogP contribution in [0.25, 0.3) is 0 Å². The summed E-state index contributed by atoms with van der Waals surface area (Å²) in [6.45, 7) is 2.03. The topological polar surface area (TPSA) is 44.5 Å². The van der Waals surface area contributed by atoms with E-state index < -0.39 is 0 Å². The molecular weight excluding hydrogens is 241 g/mol. The van der Waals surface area contributed by atoms with Crippen LogP contribution in [0, 0.1) is 11.7 Å². The van der Waals surface area contributed by atoms with Gasteiger partial charge in [-0.25, -0.2) is 4.39 Å². The van der Waals surface area contributed by atoms with Crippen molar-refractivity contribution in [2.75, 3.05) is 19.8 Å². The molecule has 1 fully saturated rings. The lowest BCUT2D eigenvalue weighted by Gasteiger charge is -2.13. The fourth-order valence-corrected chi connectivity index (χ4v) is 1.90. The third-order valence-corrected chi connectivity index (χ3v) is 2.93. The van der Waals surface area contributed by atoms with E-state index in [0.717, 1.165) is 13.0 Å². The van der Waals surface area contributed by atoms with Crippen LogP contribution >= 0.6 is 12.2 Å². The van der Waals surface area contributed by atoms with Crippen molar-refractivity contribution in [3.63, 3.8) is 0 Å². The molecule has 0 amide bonds. The van der Waals surface area contributed by atoms with E-state index in [9.17, 15) is 4.39 Å². The predicted molar refractivity (Wildman–Crippen MR) is 66.7 cm³/mol. The molecule has 1 aliphatic heterocycles. The van der Waals surface area contributed by atoms with Gasteiger partial charge in [0.1, 0.15) is 16.6 Å². The van der Waals surface area contributed by atoms with Gasteiger partial charge >= 0.3 is 0 Å². The van der Waals surface area contributed by atoms with Crippen molar-refractivity contribution in [3.8, 4) is 5.75 Å². The van der Waals surface area contributed by atoms with Gasteiger partial charge in [0, 0.05) is 12.5 Å². The second-order valence-corrected chi connectivity index (χ2v) is 4.49. The van der Waals surface area contributed by atoms with E-state index in [1.807, 2.05) is 0 Å². The summed E-state index contributed by atoms with van der Waals surface area (Å²) < 4.78 is 23.9. The van der Waals surface area contributed by atoms with Crippen LogP contribution in [0.4, 0.5) is 4.39 Å². The maximum atomic E-state index is 13.1. The van der Waals surface area contributed by atoms with E-state index in [2.05, 4.69) is 0 Å². The minimum absolute atomic E-state index is 0.141. The molecule has 0 aliphatic carbocycles. The first-order chi connectivity index (χ1) is 8.16. The molecule has 1 unspecified atom stereocenters. The molecule has 3 nitrogen and oxygen atoms in total. The molecular formula is C12H14FNO2S. The molecule has 1 aromatic rings. The molecule has 1 atom stereocenters. The second kappa shape index (κ2) is 5.42. The Kier molecular flexibility index (Phi) is 3.91. The van der Waals surface area contributed by atoms with E-state index in [4.69, 9.17) is 27.4 Å². The average molecular weight is 255 g/mol. The van der Waals surface area contributed by atoms with Gasteiger partial charge in [0.15, 0.2) is 0 Å². The van der Waals surface area contributed by atoms with Gasteiger partial charge in [-0.15, -0.1) is 0 Å². The molecule has 1 aromatic carbocycles. The van der Waals surface area contributed by atoms with Crippen LogP contribution in [0.2, 0.25) is 0 Å². The predicted octanol–water partition coefficient (Wildman–Crippen LogP) is 1.88. The first-order valence-corrected chi connectivity index (χ1v) is 5.87. The van der Waals surface area contributed by atoms with Crippen molar-refractivity contribution in [3.05, 3.63) is 29.6 Å². The number of hydrogen-bond acceptors (Lipinski definition) is 3. The zero-order chi connectivity index (χ0) is 12.3. The van der Waals surface area contributed by atoms with Gasteiger partial charge in [-0.3, -0.25) is 0 Å². The van der Waals surface area contributed by atoms with Crippen LogP contribution in [0.3, 0.4) is 0 Å². The van der Waals surface area contributed by atoms with E-state index in [0.29, 0.717) is 30.4 Å². The normalized spacial score (nSPS) is 19.2. The molecule has 0 spiro atoms. The zero-order valence-corrected chi connectivity index (χ0v) is 10.1. The van der Waals surface area contributed by atoms with Crippen molar-refractivity contribution in [2.45, 2.75) is 6.42 Å². The lowest BCUT2D eigenvalue weighted by Crippen LogP contribution is -2.16. The summed E-state index contributed by atoms with van der Waals surface area (Å²) in [5.41, 5.74) is 5.97. The maximum absolute atomic E-state index is 13.1. The Morgan fingerprint density at radius 1 is 1.59 bits per heavy atom. The summed E-state index contributed by atoms with van der Waals surface area (Å²) in [6.07, 6.45) is 0.990. The summed E-state index contributed by atoms with van der Waals surface area (Å²) in [4.78, 5) is 0.141. The molecule has 17 heavy (non-hydrogen) atoms. The van der Waals surface area contributed by atoms with E-state index >= 15 is 0 Å². The highest BCUT2D eigenvalue weighted by molar-refractivity contribution is 7.80. The summed E-state index contributed by atoms with van der Waals surface area (Å²) in [5.74, 6) is 0.550. The molecule has 5 heteroatoms. The highest BCUT2D eigenvalue weighted by Crippen LogP contribution is 2.22. The van der Waals surface area contributed by atoms with Crippen LogP contribution in [0.15, 0.2) is 18.2 Å². The summed E-state index contributed by atoms with van der Waals surface area (Å²) in [7, 11) is 0. The lowest BCUT2D eigenvalue weighted by molar-refractivity contribution is 0.167. The molecule has 0 radical (unpaired) electrons. The number of hydrogen-bond donors (Lipinski definition) is 1. The van der Waals surface area contributed by atoms with E-state index in [1.54, 1.807) is 6.07 Å². The van der Waals surface area contributed by atoms with Crippen molar-refractivity contribution < 1.29 is 13.9 Å². The van der Waals surface area contributed by atoms with Crippen LogP contribution < -0.4 is 10.5 Å². The fourth-order valence-electron chi connectivity index (χ4n) is 1.74. The second-order valence-electron chi connectivity index (χ2n) is 4.05. The Morgan fingerprint density at radius 2 is 2.41 bits per heavy atom. The largest absolute Gasteiger partial charge is 0.492 e. The van der Waals surface area contributed by atoms with E-state index in [-0.39, 0.29) is 10.8 Å². The van der Waals surface area contributed by atoms with Gasteiger partial charge in [0.05, 0.1) is 18.8 Å². The SMILES string of the molecule is NC(=S)c1cc(F)ccc1OCC1CCOC1. The maximum Gasteiger partial charge on any atom is 0.129 e. The molecule has 1 aliphatic rings. The van der Waals surface area contributed by atoms with Crippen LogP contribution in [0.5, 0.6) is 5.75 Å². The highest BCUT2D eigenvalue weighted by atomic mass is 32.1. The molecule has 2 N–H and O–H groups in total. The summed E-state index contributed by atoms with van der Waals surface area (Å²) >= 11 is 4.86. The smallest absolute Gasteiger partial charge is 0.129 e. The highest BCUT2D eigenvalue weighted by Gasteiger charge is 2.17. The number of rotatable bonds is 4. The quantitative estimate of drug-likeness (QED) is 0.834. The molecule has 1 heterocycles. The monoisotopic (exact) mass is 255 g/mol. The molecule has 0 bridgehead atoms. The first-order valence-electron chi connectivity index (χ1n) is 5.46. The number of nitrogens with two attached hydrogens (primary N) is 1. The number of thiocarbonyl (C=S) groups is 1. The molecule has 0 aromatic heterocycles. The molecule has 2 rings (SSSR count). The fraction of sp³-hybridized carbons (Fsp3) is 0.417. The van der Waals surface area contributed by atoms with E-state index in [1.165, 1.54) is 12.1 Å². The van der Waals surface area contributed by atoms with Gasteiger partial charge in [-0.1, -0.05) is 12.2 Å². The van der Waals surface area contributed by atoms with Gasteiger partial charge in [-0.05, 0) is 24.6 Å². The van der Waals surface area contributed by atoms with Crippen molar-refractivity contribution in [1.82, 2.24) is 0 Å². The van der Waals surface area contributed by atoms with Crippen LogP contribution in [-0.4, -0.2) is 24.8 Å². The number of halogens is 1. The third kappa shape index (κ3) is 3.14. The lowest BCUT2D eigenvalue weighted by atomic mass is 10.1. The van der Waals surface area contributed by atoms with Gasteiger partial charge < -0.3 is 15.2 Å². The molecule has 92 valence electrons. The summed E-state index contributed by atoms with van der Waals surface area (Å²) in [6, 6.07) is 4.19. The minimum Gasteiger partial charge on any atom is -0.492 e. The van der Waals surface area contributed by atoms with Gasteiger partial charge in [0.2, 0.25) is 0 Å². The van der Waals surface area contributed by atoms with Gasteiger partial charge in [0.25, 0.3) is 0 Å². The molecule has 1 saturated heterocycles. The Hall–Kier alpha value is -1.20. The minimum atomic E-state index is -0.371. The number of benzene rings is 1. The Labute approximate surface area is 105 Å². The van der Waals surface area contributed by atoms with Crippen LogP contribution in [0.1, 0.15) is 12.0 Å². The Balaban J connectivity index is 2.06. The average Bonchev–Trinajstić information content (AvgIpc) is 2.80. The van der Waals surface area contributed by atoms with Crippen molar-refractivity contribution >= 4 is 17.2 Å². The Bertz CT molecular complexity index is 419.